The largest absolute Gasteiger partial charge is 0.481 e. The first-order chi connectivity index (χ1) is 10.5. The van der Waals surface area contributed by atoms with Gasteiger partial charge in [-0.2, -0.15) is 0 Å². The average Bonchev–Trinajstić information content (AvgIpc) is 2.96. The first-order valence-electron chi connectivity index (χ1n) is 7.32. The third kappa shape index (κ3) is 3.21. The molecule has 1 aliphatic rings. The van der Waals surface area contributed by atoms with Gasteiger partial charge in [-0.1, -0.05) is 39.7 Å². The van der Waals surface area contributed by atoms with Crippen LogP contribution in [0.4, 0.5) is 0 Å². The summed E-state index contributed by atoms with van der Waals surface area (Å²) >= 11 is 9.48. The summed E-state index contributed by atoms with van der Waals surface area (Å²) in [6.07, 6.45) is 2.78. The molecule has 0 spiro atoms. The van der Waals surface area contributed by atoms with E-state index in [4.69, 9.17) is 16.3 Å². The lowest BCUT2D eigenvalue weighted by molar-refractivity contribution is 0.0818. The van der Waals surface area contributed by atoms with Gasteiger partial charge in [0.25, 0.3) is 0 Å². The van der Waals surface area contributed by atoms with E-state index >= 15 is 0 Å². The molecule has 0 fully saturated rings. The van der Waals surface area contributed by atoms with Crippen LogP contribution < -0.4 is 4.74 Å². The molecule has 0 heterocycles. The predicted molar refractivity (Wildman–Crippen MR) is 92.0 cm³/mol. The number of carbonyl (C=O) groups is 1. The maximum atomic E-state index is 12.5. The topological polar surface area (TPSA) is 26.3 Å². The Balaban J connectivity index is 1.77. The molecule has 2 aromatic rings. The van der Waals surface area contributed by atoms with Gasteiger partial charge in [-0.05, 0) is 61.6 Å². The van der Waals surface area contributed by atoms with Crippen LogP contribution in [-0.2, 0) is 12.8 Å². The first kappa shape index (κ1) is 15.6. The van der Waals surface area contributed by atoms with Crippen molar-refractivity contribution in [1.29, 1.82) is 0 Å². The van der Waals surface area contributed by atoms with Crippen LogP contribution in [0.1, 0.15) is 34.8 Å². The van der Waals surface area contributed by atoms with Crippen molar-refractivity contribution in [3.05, 3.63) is 62.6 Å². The molecule has 1 atom stereocenters. The number of rotatable bonds is 4. The highest BCUT2D eigenvalue weighted by molar-refractivity contribution is 9.10. The van der Waals surface area contributed by atoms with Crippen molar-refractivity contribution < 1.29 is 9.53 Å². The number of Topliss-reactive ketones (excluding diaryl/α,β-unsaturated/α-hetero) is 1. The summed E-state index contributed by atoms with van der Waals surface area (Å²) in [6.45, 7) is 1.76. The number of carbonyl (C=O) groups excluding carboxylic acids is 1. The molecule has 4 heteroatoms. The van der Waals surface area contributed by atoms with E-state index in [1.165, 1.54) is 17.5 Å². The fourth-order valence-electron chi connectivity index (χ4n) is 2.77. The molecule has 114 valence electrons. The molecule has 0 saturated carbocycles. The van der Waals surface area contributed by atoms with E-state index in [-0.39, 0.29) is 5.78 Å². The number of fused-ring (bicyclic) bond motifs is 1. The lowest BCUT2D eigenvalue weighted by Gasteiger charge is -2.15. The number of hydrogen-bond donors (Lipinski definition) is 0. The van der Waals surface area contributed by atoms with Crippen LogP contribution in [0.15, 0.2) is 40.9 Å². The Morgan fingerprint density at radius 1 is 1.18 bits per heavy atom. The summed E-state index contributed by atoms with van der Waals surface area (Å²) in [6, 6.07) is 11.3. The van der Waals surface area contributed by atoms with Crippen molar-refractivity contribution in [2.24, 2.45) is 0 Å². The van der Waals surface area contributed by atoms with Gasteiger partial charge in [-0.3, -0.25) is 4.79 Å². The normalized spacial score (nSPS) is 14.5. The van der Waals surface area contributed by atoms with E-state index in [9.17, 15) is 4.79 Å². The van der Waals surface area contributed by atoms with E-state index in [1.807, 2.05) is 18.2 Å². The number of ketones is 1. The second kappa shape index (κ2) is 6.43. The van der Waals surface area contributed by atoms with E-state index in [1.54, 1.807) is 19.1 Å². The van der Waals surface area contributed by atoms with Crippen LogP contribution in [-0.4, -0.2) is 11.9 Å². The maximum absolute atomic E-state index is 12.5. The molecule has 1 aliphatic carbocycles. The summed E-state index contributed by atoms with van der Waals surface area (Å²) in [4.78, 5) is 12.5. The SMILES string of the molecule is C[C@@H](Oc1ccc(Br)cc1Cl)C(=O)c1ccc2c(c1)CCC2. The van der Waals surface area contributed by atoms with Crippen molar-refractivity contribution in [2.75, 3.05) is 0 Å². The number of halogens is 2. The van der Waals surface area contributed by atoms with Gasteiger partial charge < -0.3 is 4.74 Å². The zero-order valence-corrected chi connectivity index (χ0v) is 14.6. The molecule has 22 heavy (non-hydrogen) atoms. The Morgan fingerprint density at radius 3 is 2.73 bits per heavy atom. The Kier molecular flexibility index (Phi) is 4.55. The third-order valence-corrected chi connectivity index (χ3v) is 4.74. The van der Waals surface area contributed by atoms with Crippen molar-refractivity contribution in [1.82, 2.24) is 0 Å². The highest BCUT2D eigenvalue weighted by Gasteiger charge is 2.20. The number of hydrogen-bond acceptors (Lipinski definition) is 2. The van der Waals surface area contributed by atoms with E-state index in [0.717, 1.165) is 17.3 Å². The molecular weight excluding hydrogens is 364 g/mol. The molecule has 0 bridgehead atoms. The molecule has 0 N–H and O–H groups in total. The molecule has 0 amide bonds. The Morgan fingerprint density at radius 2 is 1.95 bits per heavy atom. The first-order valence-corrected chi connectivity index (χ1v) is 8.49. The van der Waals surface area contributed by atoms with E-state index in [0.29, 0.717) is 16.3 Å². The van der Waals surface area contributed by atoms with Crippen LogP contribution in [0.25, 0.3) is 0 Å². The molecule has 2 nitrogen and oxygen atoms in total. The quantitative estimate of drug-likeness (QED) is 0.679. The molecule has 0 unspecified atom stereocenters. The van der Waals surface area contributed by atoms with Crippen LogP contribution in [0.2, 0.25) is 5.02 Å². The molecule has 2 aromatic carbocycles. The second-order valence-corrected chi connectivity index (χ2v) is 6.86. The van der Waals surface area contributed by atoms with Gasteiger partial charge >= 0.3 is 0 Å². The van der Waals surface area contributed by atoms with Crippen molar-refractivity contribution in [3.8, 4) is 5.75 Å². The van der Waals surface area contributed by atoms with Crippen LogP contribution in [0.3, 0.4) is 0 Å². The van der Waals surface area contributed by atoms with Crippen LogP contribution >= 0.6 is 27.5 Å². The molecule has 0 saturated heterocycles. The van der Waals surface area contributed by atoms with Crippen molar-refractivity contribution in [3.63, 3.8) is 0 Å². The zero-order valence-electron chi connectivity index (χ0n) is 12.2. The summed E-state index contributed by atoms with van der Waals surface area (Å²) in [5, 5.41) is 0.489. The smallest absolute Gasteiger partial charge is 0.203 e. The minimum Gasteiger partial charge on any atom is -0.481 e. The van der Waals surface area contributed by atoms with Gasteiger partial charge in [0.15, 0.2) is 6.10 Å². The highest BCUT2D eigenvalue weighted by Crippen LogP contribution is 2.29. The van der Waals surface area contributed by atoms with Crippen LogP contribution in [0, 0.1) is 0 Å². The fraction of sp³-hybridized carbons (Fsp3) is 0.278. The van der Waals surface area contributed by atoms with Crippen molar-refractivity contribution >= 4 is 33.3 Å². The minimum atomic E-state index is -0.571. The van der Waals surface area contributed by atoms with Gasteiger partial charge in [0.2, 0.25) is 5.78 Å². The zero-order chi connectivity index (χ0) is 15.7. The van der Waals surface area contributed by atoms with Gasteiger partial charge in [0, 0.05) is 10.0 Å². The van der Waals surface area contributed by atoms with Gasteiger partial charge in [0.05, 0.1) is 5.02 Å². The third-order valence-electron chi connectivity index (χ3n) is 3.95. The van der Waals surface area contributed by atoms with E-state index in [2.05, 4.69) is 22.0 Å². The second-order valence-electron chi connectivity index (χ2n) is 5.54. The van der Waals surface area contributed by atoms with E-state index < -0.39 is 6.10 Å². The lowest BCUT2D eigenvalue weighted by Crippen LogP contribution is -2.24. The van der Waals surface area contributed by atoms with Crippen LogP contribution in [0.5, 0.6) is 5.75 Å². The van der Waals surface area contributed by atoms with Gasteiger partial charge in [-0.15, -0.1) is 0 Å². The Labute approximate surface area is 143 Å². The molecule has 0 aliphatic heterocycles. The van der Waals surface area contributed by atoms with Gasteiger partial charge in [0.1, 0.15) is 5.75 Å². The predicted octanol–water partition coefficient (Wildman–Crippen LogP) is 5.24. The van der Waals surface area contributed by atoms with Gasteiger partial charge in [-0.25, -0.2) is 0 Å². The number of aryl methyl sites for hydroxylation is 2. The minimum absolute atomic E-state index is 0.0197. The standard InChI is InChI=1S/C18H16BrClO2/c1-11(22-17-8-7-15(19)10-16(17)20)18(21)14-6-5-12-3-2-4-13(12)9-14/h5-11H,2-4H2,1H3/t11-/m1/s1. The lowest BCUT2D eigenvalue weighted by atomic mass is 10.0. The molecule has 0 radical (unpaired) electrons. The summed E-state index contributed by atoms with van der Waals surface area (Å²) in [5.41, 5.74) is 3.36. The number of ether oxygens (including phenoxy) is 1. The number of benzene rings is 2. The molecule has 0 aromatic heterocycles. The monoisotopic (exact) mass is 378 g/mol. The Hall–Kier alpha value is -1.32. The van der Waals surface area contributed by atoms with Crippen molar-refractivity contribution in [2.45, 2.75) is 32.3 Å². The fourth-order valence-corrected chi connectivity index (χ4v) is 3.49. The maximum Gasteiger partial charge on any atom is 0.203 e. The summed E-state index contributed by atoms with van der Waals surface area (Å²) in [5.74, 6) is 0.501. The average molecular weight is 380 g/mol. The highest BCUT2D eigenvalue weighted by atomic mass is 79.9. The Bertz CT molecular complexity index is 727. The summed E-state index contributed by atoms with van der Waals surface area (Å²) < 4.78 is 6.61. The molecular formula is C18H16BrClO2. The summed E-state index contributed by atoms with van der Waals surface area (Å²) in [7, 11) is 0. The molecule has 3 rings (SSSR count).